The van der Waals surface area contributed by atoms with Crippen LogP contribution in [-0.4, -0.2) is 85.0 Å². The van der Waals surface area contributed by atoms with Gasteiger partial charge < -0.3 is 25.6 Å². The number of carbonyl (C=O) groups is 1. The average molecular weight is 594 g/mol. The molecule has 0 rings (SSSR count). The Labute approximate surface area is 262 Å². The van der Waals surface area contributed by atoms with Crippen LogP contribution in [0.3, 0.4) is 0 Å². The summed E-state index contributed by atoms with van der Waals surface area (Å²) in [5.74, 6) is 1.31. The largest absolute Gasteiger partial charge is 0.494 e. The van der Waals surface area contributed by atoms with Crippen molar-refractivity contribution in [2.24, 2.45) is 4.99 Å². The van der Waals surface area contributed by atoms with Crippen molar-refractivity contribution in [1.82, 2.24) is 20.9 Å². The summed E-state index contributed by atoms with van der Waals surface area (Å²) in [5.41, 5.74) is 1.95. The molecule has 0 aromatic heterocycles. The van der Waals surface area contributed by atoms with Crippen molar-refractivity contribution >= 4 is 34.8 Å². The van der Waals surface area contributed by atoms with Crippen LogP contribution in [0, 0.1) is 16.7 Å². The molecule has 1 unspecified atom stereocenters. The maximum absolute atomic E-state index is 12.4. The fraction of sp³-hybridized carbons (Fsp3) is 0.562. The first-order valence-corrected chi connectivity index (χ1v) is 15.6. The van der Waals surface area contributed by atoms with E-state index in [1.807, 2.05) is 39.0 Å². The lowest BCUT2D eigenvalue weighted by Crippen LogP contribution is -2.37. The summed E-state index contributed by atoms with van der Waals surface area (Å²) in [4.78, 5) is 19.8. The highest BCUT2D eigenvalue weighted by atomic mass is 27.0. The van der Waals surface area contributed by atoms with Crippen molar-refractivity contribution in [3.63, 3.8) is 0 Å². The van der Waals surface area contributed by atoms with Gasteiger partial charge in [-0.2, -0.15) is 5.26 Å². The van der Waals surface area contributed by atoms with Crippen LogP contribution in [0.25, 0.3) is 0 Å². The van der Waals surface area contributed by atoms with Gasteiger partial charge in [0.05, 0.1) is 18.2 Å². The lowest BCUT2D eigenvalue weighted by molar-refractivity contribution is -0.117. The van der Waals surface area contributed by atoms with E-state index in [4.69, 9.17) is 15.4 Å². The number of unbranched alkanes of at least 4 members (excludes halogenated alkanes) is 3. The molecule has 42 heavy (non-hydrogen) atoms. The standard InChI is InChI=1S/C32H52N7O2.Al/c1-9-17-29(38-32(40)26(6)24-33)28(10-2)22-25(5)27(7)41-21-16-14-13-15-18-36-19-20-39(12-4)31(37-11-3)23-30(34)35-8;/h6,10,22-23,29,34,36-37H,7-9,11-21H2,1-5H3,(H,38,40);/b25-22-,26-6?,28-10+,31-23+,34-30?;. The molecule has 4 N–H and O–H groups in total. The third kappa shape index (κ3) is 16.4. The van der Waals surface area contributed by atoms with E-state index in [0.717, 1.165) is 88.2 Å². The number of nitrogens with one attached hydrogen (secondary N) is 4. The number of ether oxygens (including phenoxy) is 1. The third-order valence-corrected chi connectivity index (χ3v) is 6.91. The normalized spacial score (nSPS) is 13.1. The van der Waals surface area contributed by atoms with Crippen LogP contribution in [0.1, 0.15) is 73.1 Å². The summed E-state index contributed by atoms with van der Waals surface area (Å²) in [5, 5.41) is 26.7. The quantitative estimate of drug-likeness (QED) is 0.0196. The number of nitriles is 1. The van der Waals surface area contributed by atoms with E-state index in [0.29, 0.717) is 12.4 Å². The van der Waals surface area contributed by atoms with Crippen molar-refractivity contribution in [3.05, 3.63) is 58.0 Å². The molecule has 1 atom stereocenters. The van der Waals surface area contributed by atoms with Gasteiger partial charge in [-0.05, 0) is 71.4 Å². The molecule has 0 aromatic rings. The maximum Gasteiger partial charge on any atom is 0.260 e. The topological polar surface area (TPSA) is 126 Å². The number of rotatable bonds is 23. The fourth-order valence-electron chi connectivity index (χ4n) is 4.14. The second-order valence-corrected chi connectivity index (χ2v) is 10.1. The van der Waals surface area contributed by atoms with Gasteiger partial charge in [-0.3, -0.25) is 10.2 Å². The van der Waals surface area contributed by atoms with E-state index < -0.39 is 0 Å². The van der Waals surface area contributed by atoms with Gasteiger partial charge in [0, 0.05) is 32.3 Å². The predicted molar refractivity (Wildman–Crippen MR) is 177 cm³/mol. The zero-order chi connectivity index (χ0) is 31.8. The summed E-state index contributed by atoms with van der Waals surface area (Å²) in [6.07, 6.45) is 11.6. The molecule has 0 spiro atoms. The Morgan fingerprint density at radius 3 is 2.48 bits per heavy atom. The van der Waals surface area contributed by atoms with Crippen LogP contribution in [0.4, 0.5) is 0 Å². The molecular weight excluding hydrogens is 541 g/mol. The first-order chi connectivity index (χ1) is 20.2. The number of aliphatic imine (C=N–C) groups is 1. The number of hydrogen-bond acceptors (Lipinski definition) is 7. The molecule has 9 nitrogen and oxygen atoms in total. The number of hydrogen-bond donors (Lipinski definition) is 4. The first-order valence-electron chi connectivity index (χ1n) is 15.0. The molecule has 0 aliphatic carbocycles. The Balaban J connectivity index is 4.49. The van der Waals surface area contributed by atoms with Crippen molar-refractivity contribution < 1.29 is 9.53 Å². The Morgan fingerprint density at radius 1 is 1.19 bits per heavy atom. The van der Waals surface area contributed by atoms with E-state index in [9.17, 15) is 4.79 Å². The number of likely N-dealkylation sites (N-methyl/N-ethyl adjacent to an activating group) is 1. The van der Waals surface area contributed by atoms with Crippen LogP contribution in [-0.2, 0) is 9.53 Å². The monoisotopic (exact) mass is 593 g/mol. The molecule has 230 valence electrons. The van der Waals surface area contributed by atoms with E-state index in [1.54, 1.807) is 6.08 Å². The van der Waals surface area contributed by atoms with Gasteiger partial charge in [-0.1, -0.05) is 44.9 Å². The average Bonchev–Trinajstić information content (AvgIpc) is 2.98. The SMILES string of the molecule is C=NC(=N)/C=C(\NCC)N(CC)CCNCCCCCCOC(=C)/C(C)=C\C(=C/C)C(CCC)NC(=O)/C(C#N)=[CH]/[Al]. The Morgan fingerprint density at radius 2 is 1.90 bits per heavy atom. The van der Waals surface area contributed by atoms with Crippen molar-refractivity contribution in [2.45, 2.75) is 79.2 Å². The summed E-state index contributed by atoms with van der Waals surface area (Å²) < 4.78 is 5.91. The number of nitrogens with zero attached hydrogens (tertiary/aromatic N) is 3. The molecule has 0 bridgehead atoms. The van der Waals surface area contributed by atoms with Crippen LogP contribution in [0.15, 0.2) is 63.0 Å². The number of amidine groups is 1. The summed E-state index contributed by atoms with van der Waals surface area (Å²) in [7, 11) is 0. The highest BCUT2D eigenvalue weighted by Gasteiger charge is 2.17. The smallest absolute Gasteiger partial charge is 0.260 e. The molecule has 0 aliphatic heterocycles. The molecule has 0 fully saturated rings. The Hall–Kier alpha value is -3.11. The number of amides is 1. The Bertz CT molecular complexity index is 1020. The minimum Gasteiger partial charge on any atom is -0.494 e. The van der Waals surface area contributed by atoms with Gasteiger partial charge in [0.15, 0.2) is 16.3 Å². The molecular formula is C32H52AlN7O2. The second-order valence-electron chi connectivity index (χ2n) is 9.74. The number of allylic oxidation sites excluding steroid dienone is 2. The lowest BCUT2D eigenvalue weighted by atomic mass is 9.99. The Kier molecular flexibility index (Phi) is 22.7. The molecule has 0 aromatic carbocycles. The molecule has 0 aliphatic rings. The lowest BCUT2D eigenvalue weighted by Gasteiger charge is -2.26. The summed E-state index contributed by atoms with van der Waals surface area (Å²) in [6, 6.07) is 1.73. The predicted octanol–water partition coefficient (Wildman–Crippen LogP) is 4.87. The van der Waals surface area contributed by atoms with Crippen LogP contribution in [0.5, 0.6) is 0 Å². The van der Waals surface area contributed by atoms with Crippen LogP contribution in [0.2, 0.25) is 0 Å². The number of carbonyl (C=O) groups excluding carboxylic acids is 1. The van der Waals surface area contributed by atoms with E-state index >= 15 is 0 Å². The maximum atomic E-state index is 12.4. The fourth-order valence-corrected chi connectivity index (χ4v) is 4.37. The molecule has 0 saturated heterocycles. The van der Waals surface area contributed by atoms with Gasteiger partial charge in [0.2, 0.25) is 0 Å². The minimum atomic E-state index is -0.376. The van der Waals surface area contributed by atoms with Crippen LogP contribution < -0.4 is 16.0 Å². The molecule has 0 saturated carbocycles. The second kappa shape index (κ2) is 24.5. The van der Waals surface area contributed by atoms with E-state index in [1.165, 1.54) is 4.94 Å². The first kappa shape index (κ1) is 38.9. The van der Waals surface area contributed by atoms with Crippen molar-refractivity contribution in [1.29, 1.82) is 10.7 Å². The van der Waals surface area contributed by atoms with Gasteiger partial charge in [0.1, 0.15) is 23.5 Å². The zero-order valence-electron chi connectivity index (χ0n) is 26.5. The highest BCUT2D eigenvalue weighted by Crippen LogP contribution is 2.18. The van der Waals surface area contributed by atoms with Gasteiger partial charge in [0.25, 0.3) is 5.91 Å². The van der Waals surface area contributed by atoms with Crippen molar-refractivity contribution in [2.75, 3.05) is 39.3 Å². The van der Waals surface area contributed by atoms with Gasteiger partial charge >= 0.3 is 0 Å². The third-order valence-electron chi connectivity index (χ3n) is 6.58. The van der Waals surface area contributed by atoms with Crippen LogP contribution >= 0.6 is 0 Å². The zero-order valence-corrected chi connectivity index (χ0v) is 27.7. The van der Waals surface area contributed by atoms with Gasteiger partial charge in [-0.25, -0.2) is 4.99 Å². The minimum absolute atomic E-state index is 0.0792. The summed E-state index contributed by atoms with van der Waals surface area (Å²) >= 11 is 2.31. The molecule has 10 heteroatoms. The summed E-state index contributed by atoms with van der Waals surface area (Å²) in [6.45, 7) is 22.5. The van der Waals surface area contributed by atoms with E-state index in [-0.39, 0.29) is 23.4 Å². The van der Waals surface area contributed by atoms with E-state index in [2.05, 4.69) is 69.3 Å². The molecule has 2 radical (unpaired) electrons. The molecule has 0 heterocycles. The highest BCUT2D eigenvalue weighted by molar-refractivity contribution is 6.21. The molecule has 1 amide bonds. The van der Waals surface area contributed by atoms with Gasteiger partial charge in [-0.15, -0.1) is 4.94 Å². The van der Waals surface area contributed by atoms with Crippen molar-refractivity contribution in [3.8, 4) is 6.07 Å².